The first-order chi connectivity index (χ1) is 13.8. The lowest BCUT2D eigenvalue weighted by Crippen LogP contribution is -2.24. The van der Waals surface area contributed by atoms with Gasteiger partial charge in [-0.15, -0.1) is 0 Å². The Bertz CT molecular complexity index is 1150. The van der Waals surface area contributed by atoms with E-state index in [-0.39, 0.29) is 27.7 Å². The van der Waals surface area contributed by atoms with E-state index in [1.165, 1.54) is 30.3 Å². The first kappa shape index (κ1) is 20.8. The number of aryl methyl sites for hydroxylation is 1. The van der Waals surface area contributed by atoms with Crippen LogP contribution in [-0.4, -0.2) is 14.3 Å². The first-order valence-corrected chi connectivity index (χ1v) is 10.5. The van der Waals surface area contributed by atoms with Gasteiger partial charge in [0.05, 0.1) is 15.5 Å². The lowest BCUT2D eigenvalue weighted by molar-refractivity contribution is 0.0951. The van der Waals surface area contributed by atoms with E-state index >= 15 is 0 Å². The molecule has 0 fully saturated rings. The van der Waals surface area contributed by atoms with Crippen molar-refractivity contribution < 1.29 is 17.6 Å². The summed E-state index contributed by atoms with van der Waals surface area (Å²) in [4.78, 5) is 12.4. The topological polar surface area (TPSA) is 75.3 Å². The third-order valence-electron chi connectivity index (χ3n) is 4.29. The SMILES string of the molecule is Cc1ccccc1CNC(=O)c1cc(S(=O)(=O)Nc2ccc(F)cc2)ccc1Cl. The van der Waals surface area contributed by atoms with Gasteiger partial charge in [-0.1, -0.05) is 35.9 Å². The van der Waals surface area contributed by atoms with Gasteiger partial charge in [0.2, 0.25) is 0 Å². The number of hydrogen-bond donors (Lipinski definition) is 2. The number of benzene rings is 3. The smallest absolute Gasteiger partial charge is 0.261 e. The summed E-state index contributed by atoms with van der Waals surface area (Å²) < 4.78 is 40.6. The fourth-order valence-electron chi connectivity index (χ4n) is 2.66. The number of carbonyl (C=O) groups is 1. The van der Waals surface area contributed by atoms with E-state index in [1.807, 2.05) is 31.2 Å². The molecule has 5 nitrogen and oxygen atoms in total. The summed E-state index contributed by atoms with van der Waals surface area (Å²) in [6.45, 7) is 2.22. The molecule has 0 aliphatic carbocycles. The van der Waals surface area contributed by atoms with Crippen molar-refractivity contribution in [3.05, 3.63) is 94.3 Å². The van der Waals surface area contributed by atoms with E-state index < -0.39 is 21.7 Å². The summed E-state index contributed by atoms with van der Waals surface area (Å²) in [5.74, 6) is -0.968. The number of hydrogen-bond acceptors (Lipinski definition) is 3. The maximum atomic E-state index is 13.0. The minimum Gasteiger partial charge on any atom is -0.348 e. The summed E-state index contributed by atoms with van der Waals surface area (Å²) in [5, 5.41) is 2.88. The van der Waals surface area contributed by atoms with E-state index in [2.05, 4.69) is 10.0 Å². The Morgan fingerprint density at radius 3 is 2.41 bits per heavy atom. The van der Waals surface area contributed by atoms with Gasteiger partial charge >= 0.3 is 0 Å². The van der Waals surface area contributed by atoms with Gasteiger partial charge in [0.25, 0.3) is 15.9 Å². The van der Waals surface area contributed by atoms with Crippen LogP contribution in [0.5, 0.6) is 0 Å². The zero-order valence-corrected chi connectivity index (χ0v) is 17.0. The molecule has 3 rings (SSSR count). The fourth-order valence-corrected chi connectivity index (χ4v) is 3.94. The molecule has 0 bridgehead atoms. The maximum absolute atomic E-state index is 13.0. The molecule has 0 atom stereocenters. The van der Waals surface area contributed by atoms with Crippen molar-refractivity contribution >= 4 is 33.2 Å². The largest absolute Gasteiger partial charge is 0.348 e. The van der Waals surface area contributed by atoms with Crippen LogP contribution < -0.4 is 10.0 Å². The second kappa shape index (κ2) is 8.63. The number of sulfonamides is 1. The molecule has 0 aromatic heterocycles. The first-order valence-electron chi connectivity index (χ1n) is 8.67. The predicted octanol–water partition coefficient (Wildman–Crippen LogP) is 4.52. The summed E-state index contributed by atoms with van der Waals surface area (Å²) in [7, 11) is -3.98. The normalized spacial score (nSPS) is 11.1. The Hall–Kier alpha value is -2.90. The summed E-state index contributed by atoms with van der Waals surface area (Å²) in [6, 6.07) is 16.4. The van der Waals surface area contributed by atoms with E-state index in [1.54, 1.807) is 0 Å². The third kappa shape index (κ3) is 5.13. The zero-order chi connectivity index (χ0) is 21.0. The van der Waals surface area contributed by atoms with Gasteiger partial charge < -0.3 is 5.32 Å². The van der Waals surface area contributed by atoms with Crippen LogP contribution in [0.2, 0.25) is 5.02 Å². The van der Waals surface area contributed by atoms with Crippen molar-refractivity contribution in [2.45, 2.75) is 18.4 Å². The molecule has 0 saturated heterocycles. The maximum Gasteiger partial charge on any atom is 0.261 e. The van der Waals surface area contributed by atoms with Crippen molar-refractivity contribution in [1.82, 2.24) is 5.32 Å². The highest BCUT2D eigenvalue weighted by Gasteiger charge is 2.19. The highest BCUT2D eigenvalue weighted by atomic mass is 35.5. The molecule has 8 heteroatoms. The molecule has 0 radical (unpaired) electrons. The van der Waals surface area contributed by atoms with Crippen molar-refractivity contribution in [1.29, 1.82) is 0 Å². The summed E-state index contributed by atoms with van der Waals surface area (Å²) >= 11 is 6.11. The summed E-state index contributed by atoms with van der Waals surface area (Å²) in [6.07, 6.45) is 0. The van der Waals surface area contributed by atoms with Gasteiger partial charge in [-0.3, -0.25) is 9.52 Å². The average Bonchev–Trinajstić information content (AvgIpc) is 2.69. The van der Waals surface area contributed by atoms with Gasteiger partial charge in [-0.2, -0.15) is 0 Å². The van der Waals surface area contributed by atoms with Gasteiger partial charge in [0, 0.05) is 12.2 Å². The van der Waals surface area contributed by atoms with E-state index in [9.17, 15) is 17.6 Å². The van der Waals surface area contributed by atoms with Crippen LogP contribution in [0.15, 0.2) is 71.6 Å². The molecule has 0 aliphatic rings. The van der Waals surface area contributed by atoms with Gasteiger partial charge in [-0.05, 0) is 60.5 Å². The quantitative estimate of drug-likeness (QED) is 0.601. The van der Waals surface area contributed by atoms with Crippen LogP contribution in [-0.2, 0) is 16.6 Å². The van der Waals surface area contributed by atoms with Crippen LogP contribution in [0.1, 0.15) is 21.5 Å². The molecule has 0 spiro atoms. The van der Waals surface area contributed by atoms with Crippen molar-refractivity contribution in [2.24, 2.45) is 0 Å². The number of carbonyl (C=O) groups excluding carboxylic acids is 1. The average molecular weight is 433 g/mol. The molecule has 150 valence electrons. The molecule has 0 aliphatic heterocycles. The minimum atomic E-state index is -3.98. The number of anilines is 1. The highest BCUT2D eigenvalue weighted by Crippen LogP contribution is 2.23. The Labute approximate surface area is 173 Å². The molecule has 29 heavy (non-hydrogen) atoms. The zero-order valence-electron chi connectivity index (χ0n) is 15.4. The molecule has 1 amide bonds. The van der Waals surface area contributed by atoms with E-state index in [0.29, 0.717) is 0 Å². The van der Waals surface area contributed by atoms with Gasteiger partial charge in [0.1, 0.15) is 5.82 Å². The van der Waals surface area contributed by atoms with E-state index in [4.69, 9.17) is 11.6 Å². The van der Waals surface area contributed by atoms with Crippen LogP contribution >= 0.6 is 11.6 Å². The molecule has 0 heterocycles. The van der Waals surface area contributed by atoms with Crippen LogP contribution in [0, 0.1) is 12.7 Å². The number of amides is 1. The van der Waals surface area contributed by atoms with Crippen LogP contribution in [0.25, 0.3) is 0 Å². The Morgan fingerprint density at radius 1 is 1.03 bits per heavy atom. The fraction of sp³-hybridized carbons (Fsp3) is 0.0952. The van der Waals surface area contributed by atoms with Gasteiger partial charge in [-0.25, -0.2) is 12.8 Å². The second-order valence-corrected chi connectivity index (χ2v) is 8.45. The third-order valence-corrected chi connectivity index (χ3v) is 6.00. The number of rotatable bonds is 6. The lowest BCUT2D eigenvalue weighted by Gasteiger charge is -2.12. The highest BCUT2D eigenvalue weighted by molar-refractivity contribution is 7.92. The van der Waals surface area contributed by atoms with E-state index in [0.717, 1.165) is 23.3 Å². The van der Waals surface area contributed by atoms with Crippen molar-refractivity contribution in [3.8, 4) is 0 Å². The van der Waals surface area contributed by atoms with Crippen LogP contribution in [0.3, 0.4) is 0 Å². The molecule has 0 saturated carbocycles. The standard InChI is InChI=1S/C21H18ClFN2O3S/c1-14-4-2-3-5-15(14)13-24-21(26)19-12-18(10-11-20(19)22)29(27,28)25-17-8-6-16(23)7-9-17/h2-12,25H,13H2,1H3,(H,24,26). The van der Waals surface area contributed by atoms with Crippen molar-refractivity contribution in [2.75, 3.05) is 4.72 Å². The van der Waals surface area contributed by atoms with Crippen molar-refractivity contribution in [3.63, 3.8) is 0 Å². The second-order valence-electron chi connectivity index (χ2n) is 6.36. The van der Waals surface area contributed by atoms with Crippen LogP contribution in [0.4, 0.5) is 10.1 Å². The summed E-state index contributed by atoms with van der Waals surface area (Å²) in [5.41, 5.74) is 2.21. The molecule has 2 N–H and O–H groups in total. The van der Waals surface area contributed by atoms with Gasteiger partial charge in [0.15, 0.2) is 0 Å². The Kier molecular flexibility index (Phi) is 6.20. The lowest BCUT2D eigenvalue weighted by atomic mass is 10.1. The molecule has 0 unspecified atom stereocenters. The monoisotopic (exact) mass is 432 g/mol. The number of halogens is 2. The molecular weight excluding hydrogens is 415 g/mol. The molecular formula is C21H18ClFN2O3S. The predicted molar refractivity (Wildman–Crippen MR) is 111 cm³/mol. The number of nitrogens with one attached hydrogen (secondary N) is 2. The molecule has 3 aromatic rings. The Balaban J connectivity index is 1.80. The minimum absolute atomic E-state index is 0.0437. The molecule has 3 aromatic carbocycles. The Morgan fingerprint density at radius 2 is 1.72 bits per heavy atom.